The fraction of sp³-hybridized carbons (Fsp3) is 0.837. The SMILES string of the molecule is CO[C@@H]1[C@H](NC(=O)C23CCC(C(=O)CCCCOC(=O)C4CCCN4C(=O)CCC(=O)C(C)(C)C)(CC2)CC3)CC[C@]2(CO2)[C@H]1[C@]1(C)O[C@@H]1CC=C(C)C. The summed E-state index contributed by atoms with van der Waals surface area (Å²) in [5, 5.41) is 3.46. The zero-order valence-corrected chi connectivity index (χ0v) is 34.0. The van der Waals surface area contributed by atoms with E-state index in [0.29, 0.717) is 38.8 Å². The van der Waals surface area contributed by atoms with Crippen molar-refractivity contribution in [3.8, 4) is 0 Å². The molecule has 0 aromatic heterocycles. The van der Waals surface area contributed by atoms with E-state index < -0.39 is 22.8 Å². The summed E-state index contributed by atoms with van der Waals surface area (Å²) < 4.78 is 24.2. The molecule has 3 heterocycles. The van der Waals surface area contributed by atoms with Crippen molar-refractivity contribution in [2.75, 3.05) is 26.9 Å². The third-order valence-electron chi connectivity index (χ3n) is 14.2. The molecule has 7 fully saturated rings. The number of nitrogens with zero attached hydrogens (tertiary/aromatic N) is 1. The van der Waals surface area contributed by atoms with Crippen LogP contribution in [-0.4, -0.2) is 96.6 Å². The molecule has 7 rings (SSSR count). The monoisotopic (exact) mass is 754 g/mol. The van der Waals surface area contributed by atoms with E-state index in [4.69, 9.17) is 18.9 Å². The summed E-state index contributed by atoms with van der Waals surface area (Å²) >= 11 is 0. The molecule has 302 valence electrons. The molecule has 1 unspecified atom stereocenters. The van der Waals surface area contributed by atoms with Crippen molar-refractivity contribution in [1.29, 1.82) is 0 Å². The minimum Gasteiger partial charge on any atom is -0.464 e. The molecule has 2 bridgehead atoms. The highest BCUT2D eigenvalue weighted by Crippen LogP contribution is 2.60. The molecule has 11 heteroatoms. The number of carbonyl (C=O) groups excluding carboxylic acids is 5. The van der Waals surface area contributed by atoms with Gasteiger partial charge >= 0.3 is 5.97 Å². The number of methoxy groups -OCH3 is 1. The Morgan fingerprint density at radius 1 is 0.907 bits per heavy atom. The van der Waals surface area contributed by atoms with E-state index in [2.05, 4.69) is 32.2 Å². The number of Topliss-reactive ketones (excluding diaryl/α,β-unsaturated/α-hetero) is 2. The van der Waals surface area contributed by atoms with Crippen LogP contribution in [0.2, 0.25) is 0 Å². The van der Waals surface area contributed by atoms with Gasteiger partial charge in [-0.3, -0.25) is 19.2 Å². The number of unbranched alkanes of at least 4 members (excludes halogenated alkanes) is 1. The van der Waals surface area contributed by atoms with Crippen LogP contribution in [-0.2, 0) is 42.9 Å². The lowest BCUT2D eigenvalue weighted by atomic mass is 9.52. The van der Waals surface area contributed by atoms with Crippen LogP contribution in [0.15, 0.2) is 11.6 Å². The van der Waals surface area contributed by atoms with Gasteiger partial charge in [0, 0.05) is 55.1 Å². The number of hydrogen-bond donors (Lipinski definition) is 1. The molecule has 7 atom stereocenters. The predicted molar refractivity (Wildman–Crippen MR) is 202 cm³/mol. The Kier molecular flexibility index (Phi) is 11.9. The summed E-state index contributed by atoms with van der Waals surface area (Å²) in [6, 6.07) is -0.721. The standard InChI is InChI=1S/C43H66N2O9/c1-28(2)13-15-33-40(6,54-33)36-35(51-7)29(17-18-43(36)27-53-43)44-38(50)42-22-19-41(20-23-42,21-24-42)32(47)12-8-9-26-52-37(49)30-11-10-25-45(30)34(48)16-14-31(46)39(3,4)5/h13,29-30,33,35-36H,8-12,14-27H2,1-7H3,(H,44,50)/t29-,30?,33-,35-,36-,40-,41?,42?,43+/m1/s1. The highest BCUT2D eigenvalue weighted by atomic mass is 16.6. The fourth-order valence-corrected chi connectivity index (χ4v) is 10.4. The summed E-state index contributed by atoms with van der Waals surface area (Å²) in [6.07, 6.45) is 12.3. The van der Waals surface area contributed by atoms with E-state index in [9.17, 15) is 24.0 Å². The topological polar surface area (TPSA) is 144 Å². The van der Waals surface area contributed by atoms with Gasteiger partial charge in [-0.05, 0) is 104 Å². The fourth-order valence-electron chi connectivity index (χ4n) is 10.4. The zero-order valence-electron chi connectivity index (χ0n) is 34.0. The van der Waals surface area contributed by atoms with Crippen molar-refractivity contribution >= 4 is 29.4 Å². The molecule has 4 aliphatic carbocycles. The number of likely N-dealkylation sites (tertiary alicyclic amines) is 1. The Balaban J connectivity index is 0.935. The number of allylic oxidation sites excluding steroid dienone is 1. The summed E-state index contributed by atoms with van der Waals surface area (Å²) in [7, 11) is 1.74. The number of ether oxygens (including phenoxy) is 4. The summed E-state index contributed by atoms with van der Waals surface area (Å²) in [5.41, 5.74) is -0.620. The number of ketones is 2. The van der Waals surface area contributed by atoms with Crippen LogP contribution < -0.4 is 5.32 Å². The lowest BCUT2D eigenvalue weighted by Crippen LogP contribution is -2.62. The van der Waals surface area contributed by atoms with Gasteiger partial charge in [0.15, 0.2) is 0 Å². The Bertz CT molecular complexity index is 1460. The minimum atomic E-state index is -0.603. The van der Waals surface area contributed by atoms with Gasteiger partial charge in [-0.25, -0.2) is 4.79 Å². The van der Waals surface area contributed by atoms with Gasteiger partial charge in [0.2, 0.25) is 11.8 Å². The predicted octanol–water partition coefficient (Wildman–Crippen LogP) is 6.19. The quantitative estimate of drug-likeness (QED) is 0.0845. The van der Waals surface area contributed by atoms with Crippen LogP contribution in [0.1, 0.15) is 144 Å². The number of nitrogens with one attached hydrogen (secondary N) is 1. The van der Waals surface area contributed by atoms with Crippen LogP contribution >= 0.6 is 0 Å². The van der Waals surface area contributed by atoms with Gasteiger partial charge < -0.3 is 29.2 Å². The van der Waals surface area contributed by atoms with Crippen LogP contribution in [0.3, 0.4) is 0 Å². The lowest BCUT2D eigenvalue weighted by Gasteiger charge is -2.52. The van der Waals surface area contributed by atoms with E-state index in [1.54, 1.807) is 12.0 Å². The average molecular weight is 755 g/mol. The third kappa shape index (κ3) is 8.24. The molecule has 54 heavy (non-hydrogen) atoms. The first kappa shape index (κ1) is 41.0. The maximum Gasteiger partial charge on any atom is 0.328 e. The normalized spacial score (nSPS) is 36.8. The summed E-state index contributed by atoms with van der Waals surface area (Å²) in [5.74, 6) is -0.136. The first-order chi connectivity index (χ1) is 25.5. The van der Waals surface area contributed by atoms with E-state index in [1.807, 2.05) is 20.8 Å². The molecule has 1 N–H and O–H groups in total. The van der Waals surface area contributed by atoms with Crippen LogP contribution in [0, 0.1) is 22.2 Å². The number of fused-ring (bicyclic) bond motifs is 3. The average Bonchev–Trinajstić information content (AvgIpc) is 4.00. The zero-order chi connectivity index (χ0) is 39.1. The molecule has 1 spiro atoms. The van der Waals surface area contributed by atoms with E-state index in [-0.39, 0.29) is 83.6 Å². The molecule has 0 radical (unpaired) electrons. The highest BCUT2D eigenvalue weighted by molar-refractivity contribution is 5.90. The number of hydrogen-bond acceptors (Lipinski definition) is 9. The van der Waals surface area contributed by atoms with Crippen molar-refractivity contribution in [2.45, 2.75) is 180 Å². The molecule has 4 saturated carbocycles. The summed E-state index contributed by atoms with van der Waals surface area (Å²) in [6.45, 7) is 13.3. The van der Waals surface area contributed by atoms with E-state index >= 15 is 0 Å². The Morgan fingerprint density at radius 3 is 2.19 bits per heavy atom. The molecular weight excluding hydrogens is 688 g/mol. The Labute approximate surface area is 322 Å². The van der Waals surface area contributed by atoms with Crippen LogP contribution in [0.5, 0.6) is 0 Å². The second kappa shape index (κ2) is 15.7. The van der Waals surface area contributed by atoms with Gasteiger partial charge in [0.1, 0.15) is 23.2 Å². The first-order valence-corrected chi connectivity index (χ1v) is 20.8. The number of carbonyl (C=O) groups is 5. The molecule has 3 saturated heterocycles. The Morgan fingerprint density at radius 2 is 1.57 bits per heavy atom. The maximum absolute atomic E-state index is 14.1. The van der Waals surface area contributed by atoms with Crippen LogP contribution in [0.25, 0.3) is 0 Å². The minimum absolute atomic E-state index is 0.0313. The van der Waals surface area contributed by atoms with Crippen molar-refractivity contribution in [3.63, 3.8) is 0 Å². The summed E-state index contributed by atoms with van der Waals surface area (Å²) in [4.78, 5) is 67.4. The number of epoxide rings is 2. The van der Waals surface area contributed by atoms with Crippen molar-refractivity contribution in [3.05, 3.63) is 11.6 Å². The van der Waals surface area contributed by atoms with E-state index in [1.165, 1.54) is 5.57 Å². The molecule has 2 amide bonds. The van der Waals surface area contributed by atoms with Gasteiger partial charge in [0.25, 0.3) is 0 Å². The van der Waals surface area contributed by atoms with Crippen molar-refractivity contribution < 1.29 is 42.9 Å². The van der Waals surface area contributed by atoms with Crippen molar-refractivity contribution in [2.24, 2.45) is 22.2 Å². The number of rotatable bonds is 16. The van der Waals surface area contributed by atoms with Gasteiger partial charge in [-0.15, -0.1) is 0 Å². The molecular formula is C43H66N2O9. The van der Waals surface area contributed by atoms with Gasteiger partial charge in [0.05, 0.1) is 37.1 Å². The second-order valence-corrected chi connectivity index (χ2v) is 19.0. The second-order valence-electron chi connectivity index (χ2n) is 19.0. The highest BCUT2D eigenvalue weighted by Gasteiger charge is 2.72. The Hall–Kier alpha value is -2.63. The number of amides is 2. The largest absolute Gasteiger partial charge is 0.464 e. The van der Waals surface area contributed by atoms with Gasteiger partial charge in [-0.1, -0.05) is 32.4 Å². The van der Waals surface area contributed by atoms with Crippen molar-refractivity contribution in [1.82, 2.24) is 10.2 Å². The molecule has 0 aromatic rings. The smallest absolute Gasteiger partial charge is 0.328 e. The lowest BCUT2D eigenvalue weighted by molar-refractivity contribution is -0.154. The first-order valence-electron chi connectivity index (χ1n) is 20.8. The molecule has 3 aliphatic heterocycles. The maximum atomic E-state index is 14.1. The third-order valence-corrected chi connectivity index (χ3v) is 14.2. The van der Waals surface area contributed by atoms with Crippen LogP contribution in [0.4, 0.5) is 0 Å². The van der Waals surface area contributed by atoms with E-state index in [0.717, 1.165) is 64.2 Å². The molecule has 0 aromatic carbocycles. The molecule has 7 aliphatic rings. The molecule has 11 nitrogen and oxygen atoms in total. The number of esters is 1. The van der Waals surface area contributed by atoms with Gasteiger partial charge in [-0.2, -0.15) is 0 Å².